The standard InChI is InChI=1S/C10H12N2O5/c1-14-7-5-8(15-2)12-10(11-7)17-6-3-4-16-9(6)13/h5-6H,3-4H2,1-2H3. The molecule has 0 saturated carbocycles. The summed E-state index contributed by atoms with van der Waals surface area (Å²) in [5, 5.41) is 0. The summed E-state index contributed by atoms with van der Waals surface area (Å²) < 4.78 is 20.0. The first-order valence-corrected chi connectivity index (χ1v) is 5.03. The van der Waals surface area contributed by atoms with Crippen molar-refractivity contribution in [2.75, 3.05) is 20.8 Å². The van der Waals surface area contributed by atoms with Crippen LogP contribution in [0.25, 0.3) is 0 Å². The molecule has 1 atom stereocenters. The van der Waals surface area contributed by atoms with Crippen LogP contribution in [-0.4, -0.2) is 42.9 Å². The highest BCUT2D eigenvalue weighted by Crippen LogP contribution is 2.21. The SMILES string of the molecule is COc1cc(OC)nc(OC2CCOC2=O)n1. The Kier molecular flexibility index (Phi) is 3.27. The minimum atomic E-state index is -0.660. The van der Waals surface area contributed by atoms with E-state index in [1.165, 1.54) is 20.3 Å². The molecule has 1 aliphatic heterocycles. The number of carbonyl (C=O) groups is 1. The molecule has 1 saturated heterocycles. The fourth-order valence-corrected chi connectivity index (χ4v) is 1.36. The summed E-state index contributed by atoms with van der Waals surface area (Å²) in [5.41, 5.74) is 0. The Morgan fingerprint density at radius 2 is 1.94 bits per heavy atom. The maximum absolute atomic E-state index is 11.2. The van der Waals surface area contributed by atoms with E-state index < -0.39 is 12.1 Å². The number of rotatable bonds is 4. The number of hydrogen-bond acceptors (Lipinski definition) is 7. The van der Waals surface area contributed by atoms with Crippen LogP contribution in [0.15, 0.2) is 6.07 Å². The van der Waals surface area contributed by atoms with E-state index in [0.717, 1.165) is 0 Å². The van der Waals surface area contributed by atoms with E-state index in [1.54, 1.807) is 0 Å². The number of hydrogen-bond donors (Lipinski definition) is 0. The van der Waals surface area contributed by atoms with E-state index in [9.17, 15) is 4.79 Å². The molecule has 7 nitrogen and oxygen atoms in total. The molecule has 17 heavy (non-hydrogen) atoms. The van der Waals surface area contributed by atoms with Crippen LogP contribution < -0.4 is 14.2 Å². The van der Waals surface area contributed by atoms with Crippen molar-refractivity contribution >= 4 is 5.97 Å². The molecule has 92 valence electrons. The van der Waals surface area contributed by atoms with Gasteiger partial charge in [0.15, 0.2) is 0 Å². The van der Waals surface area contributed by atoms with Gasteiger partial charge in [-0.3, -0.25) is 0 Å². The Morgan fingerprint density at radius 1 is 1.29 bits per heavy atom. The molecular weight excluding hydrogens is 228 g/mol. The zero-order chi connectivity index (χ0) is 12.3. The van der Waals surface area contributed by atoms with Crippen molar-refractivity contribution in [3.05, 3.63) is 6.07 Å². The van der Waals surface area contributed by atoms with Crippen LogP contribution in [0.2, 0.25) is 0 Å². The molecule has 1 aromatic heterocycles. The normalized spacial score (nSPS) is 18.7. The van der Waals surface area contributed by atoms with E-state index >= 15 is 0 Å². The lowest BCUT2D eigenvalue weighted by molar-refractivity contribution is -0.143. The van der Waals surface area contributed by atoms with Crippen molar-refractivity contribution in [1.29, 1.82) is 0 Å². The van der Waals surface area contributed by atoms with Crippen molar-refractivity contribution in [3.63, 3.8) is 0 Å². The monoisotopic (exact) mass is 240 g/mol. The Morgan fingerprint density at radius 3 is 2.41 bits per heavy atom. The fraction of sp³-hybridized carbons (Fsp3) is 0.500. The smallest absolute Gasteiger partial charge is 0.347 e. The van der Waals surface area contributed by atoms with Crippen LogP contribution in [-0.2, 0) is 9.53 Å². The Balaban J connectivity index is 2.16. The first-order chi connectivity index (χ1) is 8.22. The van der Waals surface area contributed by atoms with Crippen LogP contribution >= 0.6 is 0 Å². The van der Waals surface area contributed by atoms with Crippen LogP contribution in [0.4, 0.5) is 0 Å². The number of carbonyl (C=O) groups excluding carboxylic acids is 1. The predicted octanol–water partition coefficient (Wildman–Crippen LogP) is 0.188. The number of aromatic nitrogens is 2. The van der Waals surface area contributed by atoms with E-state index in [1.807, 2.05) is 0 Å². The third-order valence-electron chi connectivity index (χ3n) is 2.21. The van der Waals surface area contributed by atoms with Crippen LogP contribution in [0.3, 0.4) is 0 Å². The number of nitrogens with zero attached hydrogens (tertiary/aromatic N) is 2. The second-order valence-corrected chi connectivity index (χ2v) is 3.30. The summed E-state index contributed by atoms with van der Waals surface area (Å²) in [5.74, 6) is 0.201. The highest BCUT2D eigenvalue weighted by molar-refractivity contribution is 5.76. The highest BCUT2D eigenvalue weighted by Gasteiger charge is 2.29. The van der Waals surface area contributed by atoms with Gasteiger partial charge in [-0.1, -0.05) is 0 Å². The van der Waals surface area contributed by atoms with Crippen molar-refractivity contribution in [1.82, 2.24) is 9.97 Å². The van der Waals surface area contributed by atoms with E-state index in [2.05, 4.69) is 9.97 Å². The predicted molar refractivity (Wildman–Crippen MR) is 55.1 cm³/mol. The molecule has 2 heterocycles. The first-order valence-electron chi connectivity index (χ1n) is 5.03. The summed E-state index contributed by atoms with van der Waals surface area (Å²) in [4.78, 5) is 19.1. The molecule has 1 unspecified atom stereocenters. The van der Waals surface area contributed by atoms with Crippen LogP contribution in [0.5, 0.6) is 17.8 Å². The van der Waals surface area contributed by atoms with Gasteiger partial charge in [0.25, 0.3) is 0 Å². The quantitative estimate of drug-likeness (QED) is 0.695. The molecule has 7 heteroatoms. The highest BCUT2D eigenvalue weighted by atomic mass is 16.6. The van der Waals surface area contributed by atoms with Gasteiger partial charge in [0.1, 0.15) is 0 Å². The van der Waals surface area contributed by atoms with Crippen molar-refractivity contribution in [2.24, 2.45) is 0 Å². The van der Waals surface area contributed by atoms with Crippen molar-refractivity contribution in [2.45, 2.75) is 12.5 Å². The minimum absolute atomic E-state index is 0.0325. The van der Waals surface area contributed by atoms with Gasteiger partial charge < -0.3 is 18.9 Å². The van der Waals surface area contributed by atoms with Gasteiger partial charge in [0.05, 0.1) is 26.9 Å². The topological polar surface area (TPSA) is 79.8 Å². The zero-order valence-corrected chi connectivity index (χ0v) is 9.50. The molecule has 1 aromatic rings. The molecule has 0 N–H and O–H groups in total. The average molecular weight is 240 g/mol. The van der Waals surface area contributed by atoms with Gasteiger partial charge in [-0.25, -0.2) is 4.79 Å². The molecule has 1 fully saturated rings. The molecule has 1 aliphatic rings. The van der Waals surface area contributed by atoms with Crippen molar-refractivity contribution < 1.29 is 23.7 Å². The first kappa shape index (κ1) is 11.4. The number of cyclic esters (lactones) is 1. The lowest BCUT2D eigenvalue weighted by Gasteiger charge is -2.09. The molecule has 0 spiro atoms. The Labute approximate surface area is 97.7 Å². The van der Waals surface area contributed by atoms with Crippen molar-refractivity contribution in [3.8, 4) is 17.8 Å². The molecule has 0 amide bonds. The number of methoxy groups -OCH3 is 2. The summed E-state index contributed by atoms with van der Waals surface area (Å²) in [6.07, 6.45) is -0.173. The lowest BCUT2D eigenvalue weighted by Crippen LogP contribution is -2.22. The average Bonchev–Trinajstić information content (AvgIpc) is 2.74. The third-order valence-corrected chi connectivity index (χ3v) is 2.21. The molecule has 0 aromatic carbocycles. The second-order valence-electron chi connectivity index (χ2n) is 3.30. The van der Waals surface area contributed by atoms with E-state index in [0.29, 0.717) is 24.8 Å². The summed E-state index contributed by atoms with van der Waals surface area (Å²) in [7, 11) is 2.94. The molecule has 0 radical (unpaired) electrons. The maximum Gasteiger partial charge on any atom is 0.347 e. The third kappa shape index (κ3) is 2.55. The molecular formula is C10H12N2O5. The maximum atomic E-state index is 11.2. The minimum Gasteiger partial charge on any atom is -0.481 e. The van der Waals surface area contributed by atoms with Crippen LogP contribution in [0.1, 0.15) is 6.42 Å². The zero-order valence-electron chi connectivity index (χ0n) is 9.50. The van der Waals surface area contributed by atoms with Gasteiger partial charge in [0.2, 0.25) is 17.9 Å². The Bertz CT molecular complexity index is 401. The van der Waals surface area contributed by atoms with Gasteiger partial charge in [-0.05, 0) is 0 Å². The lowest BCUT2D eigenvalue weighted by atomic mass is 10.3. The number of esters is 1. The van der Waals surface area contributed by atoms with Gasteiger partial charge >= 0.3 is 12.0 Å². The fourth-order valence-electron chi connectivity index (χ4n) is 1.36. The molecule has 2 rings (SSSR count). The van der Waals surface area contributed by atoms with E-state index in [-0.39, 0.29) is 6.01 Å². The van der Waals surface area contributed by atoms with Gasteiger partial charge in [-0.15, -0.1) is 0 Å². The van der Waals surface area contributed by atoms with Gasteiger partial charge in [-0.2, -0.15) is 9.97 Å². The summed E-state index contributed by atoms with van der Waals surface area (Å²) >= 11 is 0. The van der Waals surface area contributed by atoms with Gasteiger partial charge in [0, 0.05) is 6.42 Å². The summed E-state index contributed by atoms with van der Waals surface area (Å²) in [6, 6.07) is 1.55. The molecule has 0 bridgehead atoms. The second kappa shape index (κ2) is 4.86. The number of ether oxygens (including phenoxy) is 4. The summed E-state index contributed by atoms with van der Waals surface area (Å²) in [6.45, 7) is 0.352. The molecule has 0 aliphatic carbocycles. The van der Waals surface area contributed by atoms with Crippen LogP contribution in [0, 0.1) is 0 Å². The largest absolute Gasteiger partial charge is 0.481 e. The van der Waals surface area contributed by atoms with E-state index in [4.69, 9.17) is 18.9 Å². The Hall–Kier alpha value is -2.05.